The highest BCUT2D eigenvalue weighted by Gasteiger charge is 2.21. The lowest BCUT2D eigenvalue weighted by Crippen LogP contribution is -2.42. The molecule has 2 fully saturated rings. The SMILES string of the molecule is OC1CCCC(NCC2CCCNC2)C1. The van der Waals surface area contributed by atoms with E-state index in [0.29, 0.717) is 6.04 Å². The largest absolute Gasteiger partial charge is 0.393 e. The minimum atomic E-state index is -0.0549. The fraction of sp³-hybridized carbons (Fsp3) is 1.00. The maximum Gasteiger partial charge on any atom is 0.0555 e. The fourth-order valence-corrected chi connectivity index (χ4v) is 2.78. The van der Waals surface area contributed by atoms with Crippen LogP contribution in [0.4, 0.5) is 0 Å². The van der Waals surface area contributed by atoms with Gasteiger partial charge >= 0.3 is 0 Å². The van der Waals surface area contributed by atoms with E-state index >= 15 is 0 Å². The molecule has 0 amide bonds. The van der Waals surface area contributed by atoms with E-state index in [1.807, 2.05) is 0 Å². The quantitative estimate of drug-likeness (QED) is 0.651. The Hall–Kier alpha value is -0.120. The van der Waals surface area contributed by atoms with Gasteiger partial charge in [0.1, 0.15) is 0 Å². The molecular formula is C12H24N2O. The Balaban J connectivity index is 1.63. The van der Waals surface area contributed by atoms with Crippen molar-refractivity contribution in [3.8, 4) is 0 Å². The summed E-state index contributed by atoms with van der Waals surface area (Å²) < 4.78 is 0. The molecule has 0 bridgehead atoms. The van der Waals surface area contributed by atoms with E-state index in [1.54, 1.807) is 0 Å². The predicted molar refractivity (Wildman–Crippen MR) is 61.9 cm³/mol. The van der Waals surface area contributed by atoms with Crippen LogP contribution in [0.2, 0.25) is 0 Å². The number of aliphatic hydroxyl groups excluding tert-OH is 1. The first-order valence-corrected chi connectivity index (χ1v) is 6.47. The summed E-state index contributed by atoms with van der Waals surface area (Å²) >= 11 is 0. The Kier molecular flexibility index (Phi) is 4.42. The lowest BCUT2D eigenvalue weighted by Gasteiger charge is -2.30. The molecule has 0 radical (unpaired) electrons. The van der Waals surface area contributed by atoms with Crippen LogP contribution in [-0.2, 0) is 0 Å². The molecule has 0 aromatic carbocycles. The Bertz CT molecular complexity index is 180. The molecule has 1 aliphatic heterocycles. The molecule has 3 N–H and O–H groups in total. The average molecular weight is 212 g/mol. The molecular weight excluding hydrogens is 188 g/mol. The first-order chi connectivity index (χ1) is 7.34. The summed E-state index contributed by atoms with van der Waals surface area (Å²) in [6, 6.07) is 0.565. The Morgan fingerprint density at radius 3 is 2.87 bits per heavy atom. The molecule has 1 aliphatic carbocycles. The summed E-state index contributed by atoms with van der Waals surface area (Å²) in [4.78, 5) is 0. The van der Waals surface area contributed by atoms with Crippen LogP contribution in [0, 0.1) is 5.92 Å². The zero-order valence-electron chi connectivity index (χ0n) is 9.54. The van der Waals surface area contributed by atoms with E-state index in [1.165, 1.54) is 38.8 Å². The van der Waals surface area contributed by atoms with Crippen molar-refractivity contribution in [2.45, 2.75) is 50.7 Å². The van der Waals surface area contributed by atoms with E-state index in [-0.39, 0.29) is 6.10 Å². The van der Waals surface area contributed by atoms with Crippen molar-refractivity contribution in [1.29, 1.82) is 0 Å². The molecule has 88 valence electrons. The van der Waals surface area contributed by atoms with Gasteiger partial charge in [-0.15, -0.1) is 0 Å². The second-order valence-electron chi connectivity index (χ2n) is 5.14. The van der Waals surface area contributed by atoms with Crippen molar-refractivity contribution in [2.75, 3.05) is 19.6 Å². The second-order valence-corrected chi connectivity index (χ2v) is 5.14. The Morgan fingerprint density at radius 2 is 2.13 bits per heavy atom. The summed E-state index contributed by atoms with van der Waals surface area (Å²) in [5.41, 5.74) is 0. The number of rotatable bonds is 3. The van der Waals surface area contributed by atoms with Gasteiger partial charge in [0.15, 0.2) is 0 Å². The monoisotopic (exact) mass is 212 g/mol. The summed E-state index contributed by atoms with van der Waals surface area (Å²) in [5, 5.41) is 16.6. The standard InChI is InChI=1S/C12H24N2O/c15-12-5-1-4-11(7-12)14-9-10-3-2-6-13-8-10/h10-15H,1-9H2. The summed E-state index contributed by atoms with van der Waals surface area (Å²) in [6.07, 6.45) is 7.01. The zero-order valence-corrected chi connectivity index (χ0v) is 9.54. The van der Waals surface area contributed by atoms with Gasteiger partial charge in [0.25, 0.3) is 0 Å². The molecule has 0 spiro atoms. The summed E-state index contributed by atoms with van der Waals surface area (Å²) in [5.74, 6) is 0.804. The van der Waals surface area contributed by atoms with Gasteiger partial charge in [-0.3, -0.25) is 0 Å². The number of hydrogen-bond acceptors (Lipinski definition) is 3. The van der Waals surface area contributed by atoms with Gasteiger partial charge in [-0.1, -0.05) is 0 Å². The van der Waals surface area contributed by atoms with Gasteiger partial charge in [-0.25, -0.2) is 0 Å². The number of nitrogens with one attached hydrogen (secondary N) is 2. The maximum atomic E-state index is 9.56. The second kappa shape index (κ2) is 5.83. The molecule has 1 saturated carbocycles. The third-order valence-electron chi connectivity index (χ3n) is 3.74. The summed E-state index contributed by atoms with van der Waals surface area (Å²) in [6.45, 7) is 3.49. The normalized spacial score (nSPS) is 37.8. The molecule has 3 atom stereocenters. The number of aliphatic hydroxyl groups is 1. The van der Waals surface area contributed by atoms with E-state index in [0.717, 1.165) is 25.3 Å². The van der Waals surface area contributed by atoms with Crippen LogP contribution in [0.15, 0.2) is 0 Å². The Labute approximate surface area is 92.6 Å². The number of piperidine rings is 1. The van der Waals surface area contributed by atoms with Crippen LogP contribution < -0.4 is 10.6 Å². The number of hydrogen-bond donors (Lipinski definition) is 3. The van der Waals surface area contributed by atoms with Crippen molar-refractivity contribution in [3.63, 3.8) is 0 Å². The molecule has 1 heterocycles. The highest BCUT2D eigenvalue weighted by molar-refractivity contribution is 4.79. The molecule has 0 aromatic rings. The zero-order chi connectivity index (χ0) is 10.5. The minimum absolute atomic E-state index is 0.0549. The highest BCUT2D eigenvalue weighted by Crippen LogP contribution is 2.19. The van der Waals surface area contributed by atoms with Gasteiger partial charge in [0.05, 0.1) is 6.10 Å². The smallest absolute Gasteiger partial charge is 0.0555 e. The molecule has 1 saturated heterocycles. The molecule has 3 heteroatoms. The molecule has 3 unspecified atom stereocenters. The van der Waals surface area contributed by atoms with Crippen molar-refractivity contribution >= 4 is 0 Å². The van der Waals surface area contributed by atoms with Crippen molar-refractivity contribution in [2.24, 2.45) is 5.92 Å². The van der Waals surface area contributed by atoms with Gasteiger partial charge < -0.3 is 15.7 Å². The van der Waals surface area contributed by atoms with E-state index in [4.69, 9.17) is 0 Å². The minimum Gasteiger partial charge on any atom is -0.393 e. The van der Waals surface area contributed by atoms with E-state index in [2.05, 4.69) is 10.6 Å². The predicted octanol–water partition coefficient (Wildman–Crippen LogP) is 0.879. The first kappa shape index (κ1) is 11.4. The van der Waals surface area contributed by atoms with Crippen molar-refractivity contribution < 1.29 is 5.11 Å². The van der Waals surface area contributed by atoms with Gasteiger partial charge in [0.2, 0.25) is 0 Å². The van der Waals surface area contributed by atoms with Crippen molar-refractivity contribution in [1.82, 2.24) is 10.6 Å². The summed E-state index contributed by atoms with van der Waals surface area (Å²) in [7, 11) is 0. The van der Waals surface area contributed by atoms with Crippen LogP contribution in [0.5, 0.6) is 0 Å². The first-order valence-electron chi connectivity index (χ1n) is 6.47. The molecule has 15 heavy (non-hydrogen) atoms. The van der Waals surface area contributed by atoms with Crippen LogP contribution in [0.25, 0.3) is 0 Å². The maximum absolute atomic E-state index is 9.56. The molecule has 3 nitrogen and oxygen atoms in total. The topological polar surface area (TPSA) is 44.3 Å². The lowest BCUT2D eigenvalue weighted by molar-refractivity contribution is 0.110. The fourth-order valence-electron chi connectivity index (χ4n) is 2.78. The van der Waals surface area contributed by atoms with E-state index in [9.17, 15) is 5.11 Å². The van der Waals surface area contributed by atoms with Gasteiger partial charge in [-0.05, 0) is 64.1 Å². The molecule has 2 rings (SSSR count). The Morgan fingerprint density at radius 1 is 1.20 bits per heavy atom. The van der Waals surface area contributed by atoms with Crippen LogP contribution in [0.3, 0.4) is 0 Å². The van der Waals surface area contributed by atoms with Crippen LogP contribution in [0.1, 0.15) is 38.5 Å². The lowest BCUT2D eigenvalue weighted by atomic mass is 9.92. The van der Waals surface area contributed by atoms with E-state index < -0.39 is 0 Å². The van der Waals surface area contributed by atoms with Gasteiger partial charge in [-0.2, -0.15) is 0 Å². The average Bonchev–Trinajstić information content (AvgIpc) is 2.28. The molecule has 2 aliphatic rings. The van der Waals surface area contributed by atoms with Gasteiger partial charge in [0, 0.05) is 6.04 Å². The van der Waals surface area contributed by atoms with Crippen LogP contribution >= 0.6 is 0 Å². The van der Waals surface area contributed by atoms with Crippen LogP contribution in [-0.4, -0.2) is 36.9 Å². The highest BCUT2D eigenvalue weighted by atomic mass is 16.3. The molecule has 0 aromatic heterocycles. The third kappa shape index (κ3) is 3.74. The van der Waals surface area contributed by atoms with Crippen molar-refractivity contribution in [3.05, 3.63) is 0 Å². The third-order valence-corrected chi connectivity index (χ3v) is 3.74.